The second kappa shape index (κ2) is 19.3. The van der Waals surface area contributed by atoms with E-state index in [9.17, 15) is 0 Å². The molecule has 0 heterocycles. The maximum absolute atomic E-state index is 5.29. The summed E-state index contributed by atoms with van der Waals surface area (Å²) in [6.45, 7) is 17.4. The van der Waals surface area contributed by atoms with Crippen molar-refractivity contribution in [3.05, 3.63) is 0 Å². The van der Waals surface area contributed by atoms with E-state index >= 15 is 0 Å². The molecule has 0 aliphatic rings. The van der Waals surface area contributed by atoms with Crippen molar-refractivity contribution in [2.75, 3.05) is 0 Å². The highest BCUT2D eigenvalue weighted by Crippen LogP contribution is 2.24. The van der Waals surface area contributed by atoms with Crippen LogP contribution in [0.15, 0.2) is 0 Å². The topological polar surface area (TPSA) is 26.0 Å². The van der Waals surface area contributed by atoms with Crippen molar-refractivity contribution in [2.45, 2.75) is 100.0 Å². The predicted octanol–water partition coefficient (Wildman–Crippen LogP) is 6.02. The Morgan fingerprint density at radius 1 is 0.778 bits per heavy atom. The molecule has 0 aromatic carbocycles. The molecule has 0 spiro atoms. The molecular formula is C17H41N. The first-order chi connectivity index (χ1) is 8.53. The molecule has 114 valence electrons. The van der Waals surface area contributed by atoms with Crippen molar-refractivity contribution in [3.63, 3.8) is 0 Å². The fourth-order valence-electron chi connectivity index (χ4n) is 1.79. The summed E-state index contributed by atoms with van der Waals surface area (Å²) in [5, 5.41) is 0. The molecule has 0 aromatic rings. The molecule has 2 unspecified atom stereocenters. The maximum Gasteiger partial charge on any atom is 0.000781 e. The van der Waals surface area contributed by atoms with Crippen LogP contribution in [0.5, 0.6) is 0 Å². The predicted molar refractivity (Wildman–Crippen MR) is 88.0 cm³/mol. The molecule has 0 bridgehead atoms. The molecule has 0 aliphatic heterocycles. The molecule has 2 N–H and O–H groups in total. The Bertz CT molecular complexity index is 115. The Kier molecular flexibility index (Phi) is 24.8. The van der Waals surface area contributed by atoms with Gasteiger partial charge in [-0.1, -0.05) is 80.6 Å². The largest absolute Gasteiger partial charge is 0.328 e. The van der Waals surface area contributed by atoms with E-state index in [4.69, 9.17) is 5.73 Å². The Hall–Kier alpha value is -0.0400. The second-order valence-electron chi connectivity index (χ2n) is 5.11. The summed E-state index contributed by atoms with van der Waals surface area (Å²) in [7, 11) is 0. The number of hydrogen-bond acceptors (Lipinski definition) is 1. The molecule has 1 heteroatoms. The molecule has 0 aliphatic carbocycles. The lowest BCUT2D eigenvalue weighted by atomic mass is 9.85. The zero-order valence-corrected chi connectivity index (χ0v) is 14.6. The average molecular weight is 260 g/mol. The van der Waals surface area contributed by atoms with Crippen LogP contribution in [-0.4, -0.2) is 6.04 Å². The van der Waals surface area contributed by atoms with Crippen molar-refractivity contribution in [1.82, 2.24) is 0 Å². The van der Waals surface area contributed by atoms with E-state index in [2.05, 4.69) is 34.6 Å². The normalized spacial score (nSPS) is 13.0. The van der Waals surface area contributed by atoms with Gasteiger partial charge in [0.15, 0.2) is 0 Å². The molecule has 0 rings (SSSR count). The zero-order chi connectivity index (χ0) is 15.0. The van der Waals surface area contributed by atoms with Crippen molar-refractivity contribution in [1.29, 1.82) is 0 Å². The van der Waals surface area contributed by atoms with Crippen LogP contribution in [0.1, 0.15) is 93.9 Å². The van der Waals surface area contributed by atoms with Crippen molar-refractivity contribution in [2.24, 2.45) is 17.6 Å². The van der Waals surface area contributed by atoms with Gasteiger partial charge in [0, 0.05) is 6.04 Å². The molecule has 0 amide bonds. The van der Waals surface area contributed by atoms with Crippen molar-refractivity contribution < 1.29 is 0 Å². The highest BCUT2D eigenvalue weighted by Gasteiger charge is 2.12. The SMILES string of the molecule is CC.CCC(C)N.CCCC(CCC)C(C)CC. The van der Waals surface area contributed by atoms with E-state index in [0.29, 0.717) is 6.04 Å². The first-order valence-electron chi connectivity index (χ1n) is 8.28. The van der Waals surface area contributed by atoms with Crippen molar-refractivity contribution in [3.8, 4) is 0 Å². The third-order valence-corrected chi connectivity index (χ3v) is 3.41. The van der Waals surface area contributed by atoms with Crippen LogP contribution in [0.4, 0.5) is 0 Å². The molecule has 0 radical (unpaired) electrons. The van der Waals surface area contributed by atoms with Crippen LogP contribution in [0.2, 0.25) is 0 Å². The summed E-state index contributed by atoms with van der Waals surface area (Å²) in [5.41, 5.74) is 5.29. The Morgan fingerprint density at radius 3 is 1.28 bits per heavy atom. The van der Waals surface area contributed by atoms with Gasteiger partial charge >= 0.3 is 0 Å². The van der Waals surface area contributed by atoms with Gasteiger partial charge in [0.05, 0.1) is 0 Å². The third kappa shape index (κ3) is 18.3. The fraction of sp³-hybridized carbons (Fsp3) is 1.00. The first-order valence-corrected chi connectivity index (χ1v) is 8.28. The standard InChI is InChI=1S/C11H24.C4H11N.C2H6/c1-5-8-11(9-6-2)10(4)7-3;1-3-4(2)5;1-2/h10-11H,5-9H2,1-4H3;4H,3,5H2,1-2H3;1-2H3. The highest BCUT2D eigenvalue weighted by atomic mass is 14.6. The summed E-state index contributed by atoms with van der Waals surface area (Å²) in [6.07, 6.45) is 8.01. The Labute approximate surface area is 118 Å². The molecule has 18 heavy (non-hydrogen) atoms. The van der Waals surface area contributed by atoms with E-state index in [1.54, 1.807) is 0 Å². The van der Waals surface area contributed by atoms with E-state index in [-0.39, 0.29) is 0 Å². The lowest BCUT2D eigenvalue weighted by molar-refractivity contribution is 0.302. The number of hydrogen-bond donors (Lipinski definition) is 1. The van der Waals surface area contributed by atoms with Gasteiger partial charge in [-0.15, -0.1) is 0 Å². The lowest BCUT2D eigenvalue weighted by Gasteiger charge is -2.21. The monoisotopic (exact) mass is 259 g/mol. The third-order valence-electron chi connectivity index (χ3n) is 3.41. The van der Waals surface area contributed by atoms with Gasteiger partial charge < -0.3 is 5.73 Å². The fourth-order valence-corrected chi connectivity index (χ4v) is 1.79. The summed E-state index contributed by atoms with van der Waals surface area (Å²) < 4.78 is 0. The lowest BCUT2D eigenvalue weighted by Crippen LogP contribution is -2.11. The second-order valence-corrected chi connectivity index (χ2v) is 5.11. The minimum Gasteiger partial charge on any atom is -0.328 e. The van der Waals surface area contributed by atoms with Crippen molar-refractivity contribution >= 4 is 0 Å². The van der Waals surface area contributed by atoms with Gasteiger partial charge in [0.2, 0.25) is 0 Å². The summed E-state index contributed by atoms with van der Waals surface area (Å²) in [5.74, 6) is 1.94. The van der Waals surface area contributed by atoms with Gasteiger partial charge in [-0.3, -0.25) is 0 Å². The Morgan fingerprint density at radius 2 is 1.11 bits per heavy atom. The molecule has 0 saturated heterocycles. The summed E-state index contributed by atoms with van der Waals surface area (Å²) >= 11 is 0. The zero-order valence-electron chi connectivity index (χ0n) is 14.6. The molecular weight excluding hydrogens is 218 g/mol. The minimum atomic E-state index is 0.384. The molecule has 1 nitrogen and oxygen atoms in total. The summed E-state index contributed by atoms with van der Waals surface area (Å²) in [6, 6.07) is 0.384. The van der Waals surface area contributed by atoms with E-state index in [1.807, 2.05) is 20.8 Å². The van der Waals surface area contributed by atoms with E-state index < -0.39 is 0 Å². The van der Waals surface area contributed by atoms with Gasteiger partial charge in [-0.05, 0) is 25.2 Å². The molecule has 0 fully saturated rings. The van der Waals surface area contributed by atoms with Crippen LogP contribution in [0.3, 0.4) is 0 Å². The minimum absolute atomic E-state index is 0.384. The number of nitrogens with two attached hydrogens (primary N) is 1. The van der Waals surface area contributed by atoms with E-state index in [0.717, 1.165) is 18.3 Å². The quantitative estimate of drug-likeness (QED) is 0.594. The van der Waals surface area contributed by atoms with Crippen LogP contribution < -0.4 is 5.73 Å². The smallest absolute Gasteiger partial charge is 0.000781 e. The average Bonchev–Trinajstić information content (AvgIpc) is 2.40. The van der Waals surface area contributed by atoms with Gasteiger partial charge in [0.25, 0.3) is 0 Å². The molecule has 0 saturated carbocycles. The van der Waals surface area contributed by atoms with Crippen LogP contribution >= 0.6 is 0 Å². The maximum atomic E-state index is 5.29. The number of rotatable bonds is 7. The van der Waals surface area contributed by atoms with Gasteiger partial charge in [0.1, 0.15) is 0 Å². The van der Waals surface area contributed by atoms with Gasteiger partial charge in [-0.2, -0.15) is 0 Å². The van der Waals surface area contributed by atoms with Gasteiger partial charge in [-0.25, -0.2) is 0 Å². The van der Waals surface area contributed by atoms with E-state index in [1.165, 1.54) is 32.1 Å². The summed E-state index contributed by atoms with van der Waals surface area (Å²) in [4.78, 5) is 0. The Balaban J connectivity index is -0.000000270. The molecule has 0 aromatic heterocycles. The van der Waals surface area contributed by atoms with Crippen LogP contribution in [0, 0.1) is 11.8 Å². The molecule has 2 atom stereocenters. The van der Waals surface area contributed by atoms with Crippen LogP contribution in [-0.2, 0) is 0 Å². The first kappa shape index (κ1) is 23.1. The van der Waals surface area contributed by atoms with Crippen LogP contribution in [0.25, 0.3) is 0 Å². The highest BCUT2D eigenvalue weighted by molar-refractivity contribution is 4.64.